The topological polar surface area (TPSA) is 29.5 Å². The zero-order chi connectivity index (χ0) is 10.8. The predicted octanol–water partition coefficient (Wildman–Crippen LogP) is 2.44. The van der Waals surface area contributed by atoms with Gasteiger partial charge in [-0.3, -0.25) is 0 Å². The van der Waals surface area contributed by atoms with E-state index in [0.717, 1.165) is 0 Å². The fraction of sp³-hybridized carbons (Fsp3) is 0.333. The van der Waals surface area contributed by atoms with Gasteiger partial charge in [0.15, 0.2) is 0 Å². The minimum absolute atomic E-state index is 0.0615. The summed E-state index contributed by atoms with van der Waals surface area (Å²) < 4.78 is 4.50. The number of aliphatic hydroxyl groups is 1. The number of aliphatic hydroxyl groups excluding tert-OH is 1. The maximum Gasteiger partial charge on any atom is 0.110 e. The Labute approximate surface area is 85.8 Å². The van der Waals surface area contributed by atoms with E-state index in [9.17, 15) is 0 Å². The quantitative estimate of drug-likeness (QED) is 0.591. The average molecular weight is 194 g/mol. The third kappa shape index (κ3) is 6.26. The minimum Gasteiger partial charge on any atom is -0.499 e. The monoisotopic (exact) mass is 194 g/mol. The molecule has 0 fully saturated rings. The first-order valence-electron chi connectivity index (χ1n) is 4.58. The molecule has 78 valence electrons. The number of rotatable bonds is 3. The van der Waals surface area contributed by atoms with Crippen molar-refractivity contribution in [3.05, 3.63) is 48.2 Å². The third-order valence-corrected chi connectivity index (χ3v) is 1.75. The molecule has 1 rings (SSSR count). The molecule has 0 spiro atoms. The summed E-state index contributed by atoms with van der Waals surface area (Å²) in [5, 5.41) is 8.02. The first kappa shape index (κ1) is 12.7. The lowest BCUT2D eigenvalue weighted by Crippen LogP contribution is -1.90. The molecule has 0 aliphatic rings. The van der Waals surface area contributed by atoms with Crippen molar-refractivity contribution in [1.82, 2.24) is 0 Å². The highest BCUT2D eigenvalue weighted by molar-refractivity contribution is 5.23. The lowest BCUT2D eigenvalue weighted by molar-refractivity contribution is 0.166. The molecular weight excluding hydrogens is 176 g/mol. The van der Waals surface area contributed by atoms with Crippen molar-refractivity contribution in [1.29, 1.82) is 0 Å². The van der Waals surface area contributed by atoms with E-state index >= 15 is 0 Å². The molecule has 0 unspecified atom stereocenters. The van der Waals surface area contributed by atoms with Crippen LogP contribution in [-0.4, -0.2) is 18.3 Å². The van der Waals surface area contributed by atoms with Crippen molar-refractivity contribution in [2.75, 3.05) is 13.2 Å². The van der Waals surface area contributed by atoms with Gasteiger partial charge in [0, 0.05) is 0 Å². The second-order valence-corrected chi connectivity index (χ2v) is 2.85. The van der Waals surface area contributed by atoms with Crippen LogP contribution in [0.25, 0.3) is 0 Å². The SMILES string of the molecule is C=COCCO.Cc1ccccc1C. The molecule has 0 heterocycles. The number of hydrogen-bond acceptors (Lipinski definition) is 2. The molecule has 2 heteroatoms. The van der Waals surface area contributed by atoms with Gasteiger partial charge in [0.05, 0.1) is 12.9 Å². The van der Waals surface area contributed by atoms with Crippen LogP contribution < -0.4 is 0 Å². The fourth-order valence-electron chi connectivity index (χ4n) is 0.799. The average Bonchev–Trinajstić information content (AvgIpc) is 2.20. The van der Waals surface area contributed by atoms with Gasteiger partial charge in [-0.15, -0.1) is 0 Å². The van der Waals surface area contributed by atoms with Crippen molar-refractivity contribution in [3.8, 4) is 0 Å². The molecule has 0 aromatic heterocycles. The van der Waals surface area contributed by atoms with Crippen LogP contribution in [-0.2, 0) is 4.74 Å². The van der Waals surface area contributed by atoms with E-state index in [1.165, 1.54) is 17.4 Å². The maximum absolute atomic E-state index is 8.02. The standard InChI is InChI=1S/C8H10.C4H8O2/c1-7-5-3-4-6-8(7)2;1-2-6-4-3-5/h3-6H,1-2H3;2,5H,1,3-4H2. The van der Waals surface area contributed by atoms with E-state index in [1.807, 2.05) is 0 Å². The summed E-state index contributed by atoms with van der Waals surface area (Å²) in [4.78, 5) is 0. The van der Waals surface area contributed by atoms with Crippen LogP contribution in [0.2, 0.25) is 0 Å². The Morgan fingerprint density at radius 3 is 2.00 bits per heavy atom. The molecule has 1 N–H and O–H groups in total. The number of ether oxygens (including phenoxy) is 1. The molecule has 1 aromatic rings. The van der Waals surface area contributed by atoms with E-state index < -0.39 is 0 Å². The van der Waals surface area contributed by atoms with Crippen molar-refractivity contribution in [3.63, 3.8) is 0 Å². The molecule has 2 nitrogen and oxygen atoms in total. The summed E-state index contributed by atoms with van der Waals surface area (Å²) in [5.74, 6) is 0. The zero-order valence-corrected chi connectivity index (χ0v) is 8.86. The van der Waals surface area contributed by atoms with E-state index in [2.05, 4.69) is 49.4 Å². The van der Waals surface area contributed by atoms with Crippen LogP contribution in [0, 0.1) is 13.8 Å². The highest BCUT2D eigenvalue weighted by Crippen LogP contribution is 2.02. The van der Waals surface area contributed by atoms with Crippen LogP contribution in [0.15, 0.2) is 37.1 Å². The van der Waals surface area contributed by atoms with E-state index in [1.54, 1.807) is 0 Å². The lowest BCUT2D eigenvalue weighted by atomic mass is 10.1. The first-order chi connectivity index (χ1) is 6.72. The van der Waals surface area contributed by atoms with Gasteiger partial charge in [0.1, 0.15) is 6.61 Å². The summed E-state index contributed by atoms with van der Waals surface area (Å²) in [5.41, 5.74) is 2.74. The Bertz CT molecular complexity index is 235. The highest BCUT2D eigenvalue weighted by Gasteiger charge is 1.83. The smallest absolute Gasteiger partial charge is 0.110 e. The summed E-state index contributed by atoms with van der Waals surface area (Å²) in [6.07, 6.45) is 1.30. The van der Waals surface area contributed by atoms with Crippen molar-refractivity contribution in [2.24, 2.45) is 0 Å². The fourth-order valence-corrected chi connectivity index (χ4v) is 0.799. The highest BCUT2D eigenvalue weighted by atomic mass is 16.5. The Hall–Kier alpha value is -1.28. The van der Waals surface area contributed by atoms with Crippen LogP contribution in [0.1, 0.15) is 11.1 Å². The van der Waals surface area contributed by atoms with Gasteiger partial charge in [-0.2, -0.15) is 0 Å². The van der Waals surface area contributed by atoms with Gasteiger partial charge in [-0.05, 0) is 25.0 Å². The third-order valence-electron chi connectivity index (χ3n) is 1.75. The molecule has 0 saturated heterocycles. The Morgan fingerprint density at radius 2 is 1.79 bits per heavy atom. The second-order valence-electron chi connectivity index (χ2n) is 2.85. The van der Waals surface area contributed by atoms with Crippen molar-refractivity contribution in [2.45, 2.75) is 13.8 Å². The van der Waals surface area contributed by atoms with E-state index in [4.69, 9.17) is 5.11 Å². The predicted molar refractivity (Wildman–Crippen MR) is 59.2 cm³/mol. The largest absolute Gasteiger partial charge is 0.499 e. The molecule has 0 atom stereocenters. The van der Waals surface area contributed by atoms with E-state index in [0.29, 0.717) is 6.61 Å². The van der Waals surface area contributed by atoms with Gasteiger partial charge in [0.2, 0.25) is 0 Å². The van der Waals surface area contributed by atoms with Gasteiger partial charge < -0.3 is 9.84 Å². The van der Waals surface area contributed by atoms with Crippen LogP contribution in [0.3, 0.4) is 0 Å². The summed E-state index contributed by atoms with van der Waals surface area (Å²) in [7, 11) is 0. The summed E-state index contributed by atoms with van der Waals surface area (Å²) >= 11 is 0. The molecule has 0 saturated carbocycles. The second kappa shape index (κ2) is 8.32. The number of aryl methyl sites for hydroxylation is 2. The van der Waals surface area contributed by atoms with Crippen LogP contribution >= 0.6 is 0 Å². The van der Waals surface area contributed by atoms with Gasteiger partial charge in [-0.25, -0.2) is 0 Å². The lowest BCUT2D eigenvalue weighted by Gasteiger charge is -1.93. The van der Waals surface area contributed by atoms with Crippen molar-refractivity contribution < 1.29 is 9.84 Å². The number of benzene rings is 1. The molecular formula is C12H18O2. The van der Waals surface area contributed by atoms with Crippen LogP contribution in [0.5, 0.6) is 0 Å². The molecule has 0 amide bonds. The molecule has 0 aliphatic carbocycles. The Balaban J connectivity index is 0.000000255. The van der Waals surface area contributed by atoms with Gasteiger partial charge in [-0.1, -0.05) is 30.8 Å². The molecule has 0 aliphatic heterocycles. The van der Waals surface area contributed by atoms with E-state index in [-0.39, 0.29) is 6.61 Å². The minimum atomic E-state index is 0.0615. The Kier molecular flexibility index (Phi) is 7.56. The molecule has 1 aromatic carbocycles. The van der Waals surface area contributed by atoms with Crippen molar-refractivity contribution >= 4 is 0 Å². The maximum atomic E-state index is 8.02. The number of hydrogen-bond donors (Lipinski definition) is 1. The molecule has 14 heavy (non-hydrogen) atoms. The van der Waals surface area contributed by atoms with Crippen LogP contribution in [0.4, 0.5) is 0 Å². The summed E-state index contributed by atoms with van der Waals surface area (Å²) in [6.45, 7) is 7.92. The van der Waals surface area contributed by atoms with Gasteiger partial charge in [0.25, 0.3) is 0 Å². The molecule has 0 radical (unpaired) electrons. The first-order valence-corrected chi connectivity index (χ1v) is 4.58. The molecule has 0 bridgehead atoms. The Morgan fingerprint density at radius 1 is 1.29 bits per heavy atom. The zero-order valence-electron chi connectivity index (χ0n) is 8.86. The normalized spacial score (nSPS) is 8.50. The van der Waals surface area contributed by atoms with Gasteiger partial charge >= 0.3 is 0 Å². The summed E-state index contributed by atoms with van der Waals surface area (Å²) in [6, 6.07) is 8.36.